The van der Waals surface area contributed by atoms with E-state index in [1.165, 1.54) is 0 Å². The van der Waals surface area contributed by atoms with Crippen molar-refractivity contribution in [3.8, 4) is 0 Å². The van der Waals surface area contributed by atoms with Crippen molar-refractivity contribution in [1.82, 2.24) is 5.06 Å². The third-order valence-electron chi connectivity index (χ3n) is 2.02. The van der Waals surface area contributed by atoms with Crippen LogP contribution in [0.5, 0.6) is 0 Å². The molecule has 0 spiro atoms. The van der Waals surface area contributed by atoms with E-state index in [4.69, 9.17) is 9.94 Å². The van der Waals surface area contributed by atoms with Gasteiger partial charge in [0.05, 0.1) is 31.9 Å². The highest BCUT2D eigenvalue weighted by Crippen LogP contribution is 2.09. The van der Waals surface area contributed by atoms with Crippen LogP contribution in [-0.2, 0) is 4.84 Å². The maximum absolute atomic E-state index is 9.47. The van der Waals surface area contributed by atoms with Crippen molar-refractivity contribution in [1.29, 1.82) is 0 Å². The second-order valence-electron chi connectivity index (χ2n) is 3.61. The first-order valence-corrected chi connectivity index (χ1v) is 4.33. The van der Waals surface area contributed by atoms with Gasteiger partial charge in [-0.15, -0.1) is 0 Å². The van der Waals surface area contributed by atoms with Gasteiger partial charge in [0, 0.05) is 0 Å². The molecule has 0 amide bonds. The maximum atomic E-state index is 9.47. The van der Waals surface area contributed by atoms with Crippen molar-refractivity contribution in [3.63, 3.8) is 0 Å². The molecule has 4 heteroatoms. The first-order chi connectivity index (χ1) is 5.59. The Bertz CT molecular complexity index is 140. The van der Waals surface area contributed by atoms with E-state index in [9.17, 15) is 5.11 Å². The lowest BCUT2D eigenvalue weighted by Crippen LogP contribution is -2.33. The third-order valence-corrected chi connectivity index (χ3v) is 2.02. The van der Waals surface area contributed by atoms with Crippen molar-refractivity contribution < 1.29 is 15.1 Å². The fraction of sp³-hybridized carbons (Fsp3) is 1.00. The van der Waals surface area contributed by atoms with Crippen LogP contribution in [0.1, 0.15) is 13.8 Å². The number of aliphatic hydroxyl groups excluding tert-OH is 2. The Labute approximate surface area is 72.7 Å². The molecule has 0 aromatic heterocycles. The topological polar surface area (TPSA) is 52.9 Å². The summed E-state index contributed by atoms with van der Waals surface area (Å²) in [6.07, 6.45) is -0.778. The van der Waals surface area contributed by atoms with Crippen LogP contribution >= 0.6 is 0 Å². The molecule has 12 heavy (non-hydrogen) atoms. The second kappa shape index (κ2) is 4.18. The van der Waals surface area contributed by atoms with Crippen molar-refractivity contribution in [3.05, 3.63) is 0 Å². The first-order valence-electron chi connectivity index (χ1n) is 4.33. The molecule has 0 aromatic carbocycles. The Balaban J connectivity index is 2.23. The van der Waals surface area contributed by atoms with Gasteiger partial charge in [-0.2, -0.15) is 5.06 Å². The Morgan fingerprint density at radius 3 is 2.67 bits per heavy atom. The molecular formula is C8H17NO3. The first kappa shape index (κ1) is 9.92. The Morgan fingerprint density at radius 2 is 2.25 bits per heavy atom. The number of aliphatic hydroxyl groups is 2. The van der Waals surface area contributed by atoms with Crippen molar-refractivity contribution >= 4 is 0 Å². The Morgan fingerprint density at radius 1 is 1.58 bits per heavy atom. The van der Waals surface area contributed by atoms with E-state index in [1.807, 2.05) is 13.8 Å². The molecule has 2 N–H and O–H groups in total. The monoisotopic (exact) mass is 175 g/mol. The lowest BCUT2D eigenvalue weighted by Gasteiger charge is -2.20. The second-order valence-corrected chi connectivity index (χ2v) is 3.61. The van der Waals surface area contributed by atoms with Gasteiger partial charge in [0.1, 0.15) is 0 Å². The van der Waals surface area contributed by atoms with Gasteiger partial charge in [0.15, 0.2) is 0 Å². The average molecular weight is 175 g/mol. The molecule has 2 unspecified atom stereocenters. The highest BCUT2D eigenvalue weighted by Gasteiger charge is 2.24. The van der Waals surface area contributed by atoms with Gasteiger partial charge in [-0.05, 0) is 5.92 Å². The predicted molar refractivity (Wildman–Crippen MR) is 44.4 cm³/mol. The standard InChI is InChI=1S/C8H17NO3/c1-6(2)8(11)4-9-3-7(10)5-12-9/h6-8,10-11H,3-5H2,1-2H3. The summed E-state index contributed by atoms with van der Waals surface area (Å²) < 4.78 is 0. The number of hydrogen-bond donors (Lipinski definition) is 2. The minimum atomic E-state index is -0.399. The Hall–Kier alpha value is -0.160. The van der Waals surface area contributed by atoms with E-state index in [1.54, 1.807) is 5.06 Å². The quantitative estimate of drug-likeness (QED) is 0.613. The summed E-state index contributed by atoms with van der Waals surface area (Å²) >= 11 is 0. The summed E-state index contributed by atoms with van der Waals surface area (Å²) in [4.78, 5) is 5.11. The van der Waals surface area contributed by atoms with Crippen LogP contribution in [0.3, 0.4) is 0 Å². The zero-order chi connectivity index (χ0) is 9.14. The average Bonchev–Trinajstić information content (AvgIpc) is 2.35. The predicted octanol–water partition coefficient (Wildman–Crippen LogP) is -0.389. The smallest absolute Gasteiger partial charge is 0.0958 e. The number of nitrogens with zero attached hydrogens (tertiary/aromatic N) is 1. The summed E-state index contributed by atoms with van der Waals surface area (Å²) in [5.41, 5.74) is 0. The number of β-amino-alcohol motifs (C(OH)–C–C–N with tert-alkyl or cyclic N) is 2. The van der Waals surface area contributed by atoms with Crippen molar-refractivity contribution in [2.75, 3.05) is 19.7 Å². The van der Waals surface area contributed by atoms with Crippen LogP contribution in [0.25, 0.3) is 0 Å². The van der Waals surface area contributed by atoms with Crippen LogP contribution < -0.4 is 0 Å². The lowest BCUT2D eigenvalue weighted by atomic mass is 10.1. The van der Waals surface area contributed by atoms with Crippen LogP contribution in [0.4, 0.5) is 0 Å². The molecule has 0 saturated carbocycles. The summed E-state index contributed by atoms with van der Waals surface area (Å²) in [6, 6.07) is 0. The van der Waals surface area contributed by atoms with Crippen LogP contribution in [0.15, 0.2) is 0 Å². The van der Waals surface area contributed by atoms with E-state index in [0.29, 0.717) is 19.7 Å². The molecule has 1 heterocycles. The molecule has 4 nitrogen and oxygen atoms in total. The molecule has 1 aliphatic heterocycles. The third kappa shape index (κ3) is 2.71. The zero-order valence-electron chi connectivity index (χ0n) is 7.60. The summed E-state index contributed by atoms with van der Waals surface area (Å²) in [7, 11) is 0. The minimum absolute atomic E-state index is 0.228. The van der Waals surface area contributed by atoms with Crippen LogP contribution in [-0.4, -0.2) is 47.2 Å². The summed E-state index contributed by atoms with van der Waals surface area (Å²) in [5.74, 6) is 0.228. The molecule has 0 aliphatic carbocycles. The molecule has 0 radical (unpaired) electrons. The van der Waals surface area contributed by atoms with Gasteiger partial charge in [0.2, 0.25) is 0 Å². The van der Waals surface area contributed by atoms with E-state index >= 15 is 0 Å². The molecule has 0 aromatic rings. The van der Waals surface area contributed by atoms with E-state index in [0.717, 1.165) is 0 Å². The van der Waals surface area contributed by atoms with Gasteiger partial charge in [0.25, 0.3) is 0 Å². The van der Waals surface area contributed by atoms with Crippen molar-refractivity contribution in [2.45, 2.75) is 26.1 Å². The highest BCUT2D eigenvalue weighted by atomic mass is 16.7. The van der Waals surface area contributed by atoms with Gasteiger partial charge < -0.3 is 10.2 Å². The molecule has 0 bridgehead atoms. The molecule has 1 rings (SSSR count). The van der Waals surface area contributed by atoms with Gasteiger partial charge in [-0.1, -0.05) is 13.8 Å². The molecule has 72 valence electrons. The zero-order valence-corrected chi connectivity index (χ0v) is 7.60. The van der Waals surface area contributed by atoms with Crippen LogP contribution in [0, 0.1) is 5.92 Å². The maximum Gasteiger partial charge on any atom is 0.0958 e. The molecular weight excluding hydrogens is 158 g/mol. The normalized spacial score (nSPS) is 28.2. The lowest BCUT2D eigenvalue weighted by molar-refractivity contribution is -0.133. The SMILES string of the molecule is CC(C)C(O)CN1CC(O)CO1. The minimum Gasteiger partial charge on any atom is -0.391 e. The molecule has 1 saturated heterocycles. The molecule has 1 aliphatic rings. The fourth-order valence-electron chi connectivity index (χ4n) is 1.08. The van der Waals surface area contributed by atoms with Gasteiger partial charge in [-0.3, -0.25) is 4.84 Å². The fourth-order valence-corrected chi connectivity index (χ4v) is 1.08. The van der Waals surface area contributed by atoms with Gasteiger partial charge in [-0.25, -0.2) is 0 Å². The Kier molecular flexibility index (Phi) is 3.46. The van der Waals surface area contributed by atoms with E-state index in [-0.39, 0.29) is 12.0 Å². The van der Waals surface area contributed by atoms with E-state index in [2.05, 4.69) is 0 Å². The molecule has 2 atom stereocenters. The largest absolute Gasteiger partial charge is 0.391 e. The number of rotatable bonds is 3. The number of hydrogen-bond acceptors (Lipinski definition) is 4. The summed E-state index contributed by atoms with van der Waals surface area (Å²) in [5, 5.41) is 20.2. The van der Waals surface area contributed by atoms with Crippen molar-refractivity contribution in [2.24, 2.45) is 5.92 Å². The van der Waals surface area contributed by atoms with E-state index < -0.39 is 6.10 Å². The van der Waals surface area contributed by atoms with Gasteiger partial charge >= 0.3 is 0 Å². The number of hydroxylamine groups is 2. The summed E-state index contributed by atoms with van der Waals surface area (Å²) in [6.45, 7) is 5.25. The van der Waals surface area contributed by atoms with Crippen LogP contribution in [0.2, 0.25) is 0 Å². The molecule has 1 fully saturated rings. The highest BCUT2D eigenvalue weighted by molar-refractivity contribution is 4.69.